The standard InChI is InChI=1S/C20H24N4O6/c25-16-4-3-15(18(28)21-16)24-19(29)13-2-1-12(11-14(13)20(24)30)23-9-7-22(8-10-23)6-5-17(26)27/h1-2,11,15-16,25H,3-10H2,(H,21,28)(H,26,27). The molecule has 3 heterocycles. The number of hydrogen-bond acceptors (Lipinski definition) is 7. The summed E-state index contributed by atoms with van der Waals surface area (Å²) in [5, 5.41) is 20.7. The number of rotatable bonds is 5. The van der Waals surface area contributed by atoms with Crippen LogP contribution < -0.4 is 10.2 Å². The molecule has 3 amide bonds. The molecule has 1 aromatic carbocycles. The highest BCUT2D eigenvalue weighted by molar-refractivity contribution is 6.23. The van der Waals surface area contributed by atoms with E-state index in [1.54, 1.807) is 18.2 Å². The first-order valence-electron chi connectivity index (χ1n) is 10.0. The summed E-state index contributed by atoms with van der Waals surface area (Å²) >= 11 is 0. The second-order valence-corrected chi connectivity index (χ2v) is 7.80. The second-order valence-electron chi connectivity index (χ2n) is 7.80. The van der Waals surface area contributed by atoms with Crippen molar-refractivity contribution in [1.82, 2.24) is 15.1 Å². The lowest BCUT2D eigenvalue weighted by molar-refractivity contribution is -0.137. The van der Waals surface area contributed by atoms with Crippen molar-refractivity contribution in [2.45, 2.75) is 31.5 Å². The molecule has 0 aromatic heterocycles. The molecule has 0 saturated carbocycles. The third-order valence-corrected chi connectivity index (χ3v) is 5.92. The number of carboxylic acids is 1. The molecule has 2 atom stereocenters. The zero-order valence-corrected chi connectivity index (χ0v) is 16.4. The lowest BCUT2D eigenvalue weighted by Gasteiger charge is -2.36. The van der Waals surface area contributed by atoms with E-state index in [9.17, 15) is 24.3 Å². The Hall–Kier alpha value is -2.98. The Balaban J connectivity index is 1.46. The predicted octanol–water partition coefficient (Wildman–Crippen LogP) is -0.524. The summed E-state index contributed by atoms with van der Waals surface area (Å²) in [7, 11) is 0. The summed E-state index contributed by atoms with van der Waals surface area (Å²) in [5.74, 6) is -2.32. The number of aliphatic carboxylic acids is 1. The Morgan fingerprint density at radius 3 is 2.40 bits per heavy atom. The van der Waals surface area contributed by atoms with Crippen molar-refractivity contribution in [2.75, 3.05) is 37.6 Å². The van der Waals surface area contributed by atoms with Crippen molar-refractivity contribution >= 4 is 29.4 Å². The van der Waals surface area contributed by atoms with E-state index in [1.165, 1.54) is 0 Å². The molecule has 1 aromatic rings. The molecule has 3 N–H and O–H groups in total. The molecule has 0 aliphatic carbocycles. The first-order valence-corrected chi connectivity index (χ1v) is 10.0. The zero-order valence-electron chi connectivity index (χ0n) is 16.4. The fourth-order valence-corrected chi connectivity index (χ4v) is 4.24. The lowest BCUT2D eigenvalue weighted by atomic mass is 10.0. The number of piperidine rings is 1. The molecule has 10 nitrogen and oxygen atoms in total. The Morgan fingerprint density at radius 2 is 1.73 bits per heavy atom. The van der Waals surface area contributed by atoms with Gasteiger partial charge in [-0.25, -0.2) is 0 Å². The van der Waals surface area contributed by atoms with Crippen LogP contribution in [0.5, 0.6) is 0 Å². The lowest BCUT2D eigenvalue weighted by Crippen LogP contribution is -2.55. The second kappa shape index (κ2) is 8.04. The van der Waals surface area contributed by atoms with E-state index >= 15 is 0 Å². The number of amides is 3. The molecule has 0 spiro atoms. The van der Waals surface area contributed by atoms with Crippen LogP contribution in [0.2, 0.25) is 0 Å². The van der Waals surface area contributed by atoms with Crippen LogP contribution in [0.4, 0.5) is 5.69 Å². The average Bonchev–Trinajstić information content (AvgIpc) is 2.97. The van der Waals surface area contributed by atoms with Gasteiger partial charge in [-0.2, -0.15) is 0 Å². The molecular weight excluding hydrogens is 392 g/mol. The molecule has 0 bridgehead atoms. The van der Waals surface area contributed by atoms with Gasteiger partial charge in [-0.05, 0) is 31.0 Å². The number of imide groups is 1. The first-order chi connectivity index (χ1) is 14.3. The normalized spacial score (nSPS) is 24.8. The van der Waals surface area contributed by atoms with Gasteiger partial charge in [0.25, 0.3) is 11.8 Å². The molecule has 0 radical (unpaired) electrons. The van der Waals surface area contributed by atoms with Crippen molar-refractivity contribution in [3.05, 3.63) is 29.3 Å². The zero-order chi connectivity index (χ0) is 21.4. The van der Waals surface area contributed by atoms with Gasteiger partial charge >= 0.3 is 5.97 Å². The van der Waals surface area contributed by atoms with E-state index in [0.717, 1.165) is 10.6 Å². The van der Waals surface area contributed by atoms with Gasteiger partial charge in [0.05, 0.1) is 17.5 Å². The third-order valence-electron chi connectivity index (χ3n) is 5.92. The maximum atomic E-state index is 12.9. The largest absolute Gasteiger partial charge is 0.481 e. The van der Waals surface area contributed by atoms with Gasteiger partial charge in [0.15, 0.2) is 0 Å². The van der Waals surface area contributed by atoms with Gasteiger partial charge in [-0.1, -0.05) is 0 Å². The first kappa shape index (κ1) is 20.3. The molecule has 2 saturated heterocycles. The summed E-state index contributed by atoms with van der Waals surface area (Å²) in [6.07, 6.45) is -0.341. The van der Waals surface area contributed by atoms with Crippen molar-refractivity contribution in [3.63, 3.8) is 0 Å². The molecule has 160 valence electrons. The average molecular weight is 416 g/mol. The molecular formula is C20H24N4O6. The Labute approximate surface area is 173 Å². The van der Waals surface area contributed by atoms with E-state index in [-0.39, 0.29) is 30.4 Å². The number of carbonyl (C=O) groups is 4. The van der Waals surface area contributed by atoms with E-state index < -0.39 is 36.0 Å². The number of carboxylic acid groups (broad SMARTS) is 1. The third kappa shape index (κ3) is 3.75. The summed E-state index contributed by atoms with van der Waals surface area (Å²) in [5.41, 5.74) is 1.38. The van der Waals surface area contributed by atoms with E-state index in [4.69, 9.17) is 5.11 Å². The fourth-order valence-electron chi connectivity index (χ4n) is 4.24. The molecule has 10 heteroatoms. The summed E-state index contributed by atoms with van der Waals surface area (Å²) in [4.78, 5) is 53.9. The fraction of sp³-hybridized carbons (Fsp3) is 0.500. The highest BCUT2D eigenvalue weighted by Gasteiger charge is 2.44. The molecule has 30 heavy (non-hydrogen) atoms. The van der Waals surface area contributed by atoms with Crippen LogP contribution in [0.1, 0.15) is 40.0 Å². The van der Waals surface area contributed by atoms with Crippen LogP contribution in [0, 0.1) is 0 Å². The van der Waals surface area contributed by atoms with Crippen molar-refractivity contribution in [1.29, 1.82) is 0 Å². The highest BCUT2D eigenvalue weighted by Crippen LogP contribution is 2.31. The number of aliphatic hydroxyl groups is 1. The Kier molecular flexibility index (Phi) is 5.44. The van der Waals surface area contributed by atoms with Crippen LogP contribution >= 0.6 is 0 Å². The van der Waals surface area contributed by atoms with Crippen LogP contribution in [-0.4, -0.2) is 88.7 Å². The Bertz CT molecular complexity index is 895. The van der Waals surface area contributed by atoms with Gasteiger partial charge in [0, 0.05) is 38.4 Å². The van der Waals surface area contributed by atoms with Gasteiger partial charge in [0.1, 0.15) is 12.3 Å². The number of aliphatic hydroxyl groups excluding tert-OH is 1. The van der Waals surface area contributed by atoms with Gasteiger partial charge in [-0.3, -0.25) is 29.0 Å². The van der Waals surface area contributed by atoms with E-state index in [1.807, 2.05) is 0 Å². The Morgan fingerprint density at radius 1 is 1.03 bits per heavy atom. The number of nitrogens with one attached hydrogen (secondary N) is 1. The van der Waals surface area contributed by atoms with Crippen molar-refractivity contribution in [2.24, 2.45) is 0 Å². The molecule has 3 aliphatic rings. The highest BCUT2D eigenvalue weighted by atomic mass is 16.4. The number of benzene rings is 1. The SMILES string of the molecule is O=C(O)CCN1CCN(c2ccc3c(c2)C(=O)N(C2CCC(O)NC2=O)C3=O)CC1. The molecule has 2 fully saturated rings. The molecule has 3 aliphatic heterocycles. The molecule has 2 unspecified atom stereocenters. The van der Waals surface area contributed by atoms with Crippen LogP contribution in [0.25, 0.3) is 0 Å². The van der Waals surface area contributed by atoms with Crippen molar-refractivity contribution in [3.8, 4) is 0 Å². The van der Waals surface area contributed by atoms with Gasteiger partial charge < -0.3 is 20.4 Å². The number of anilines is 1. The summed E-state index contributed by atoms with van der Waals surface area (Å²) in [6.45, 7) is 3.32. The van der Waals surface area contributed by atoms with Gasteiger partial charge in [-0.15, -0.1) is 0 Å². The van der Waals surface area contributed by atoms with Crippen LogP contribution in [-0.2, 0) is 9.59 Å². The minimum absolute atomic E-state index is 0.108. The minimum atomic E-state index is -0.954. The number of hydrogen-bond donors (Lipinski definition) is 3. The van der Waals surface area contributed by atoms with Crippen LogP contribution in [0.3, 0.4) is 0 Å². The minimum Gasteiger partial charge on any atom is -0.481 e. The number of fused-ring (bicyclic) bond motifs is 1. The maximum absolute atomic E-state index is 12.9. The van der Waals surface area contributed by atoms with E-state index in [2.05, 4.69) is 15.1 Å². The quantitative estimate of drug-likeness (QED) is 0.547. The van der Waals surface area contributed by atoms with Crippen LogP contribution in [0.15, 0.2) is 18.2 Å². The predicted molar refractivity (Wildman–Crippen MR) is 105 cm³/mol. The number of piperazine rings is 1. The number of nitrogens with zero attached hydrogens (tertiary/aromatic N) is 3. The topological polar surface area (TPSA) is 130 Å². The summed E-state index contributed by atoms with van der Waals surface area (Å²) < 4.78 is 0. The maximum Gasteiger partial charge on any atom is 0.304 e. The smallest absolute Gasteiger partial charge is 0.304 e. The van der Waals surface area contributed by atoms with Gasteiger partial charge in [0.2, 0.25) is 5.91 Å². The molecule has 4 rings (SSSR count). The number of carbonyl (C=O) groups excluding carboxylic acids is 3. The van der Waals surface area contributed by atoms with E-state index in [0.29, 0.717) is 32.7 Å². The summed E-state index contributed by atoms with van der Waals surface area (Å²) in [6, 6.07) is 4.20. The monoisotopic (exact) mass is 416 g/mol. The van der Waals surface area contributed by atoms with Crippen molar-refractivity contribution < 1.29 is 29.4 Å².